The van der Waals surface area contributed by atoms with Gasteiger partial charge >= 0.3 is 0 Å². The Morgan fingerprint density at radius 2 is 2.11 bits per heavy atom. The Kier molecular flexibility index (Phi) is 2.74. The number of aromatic nitrogens is 2. The van der Waals surface area contributed by atoms with E-state index in [1.807, 2.05) is 18.2 Å². The quantitative estimate of drug-likeness (QED) is 0.855. The van der Waals surface area contributed by atoms with Gasteiger partial charge in [0, 0.05) is 6.04 Å². The fourth-order valence-corrected chi connectivity index (χ4v) is 2.94. The van der Waals surface area contributed by atoms with Gasteiger partial charge in [-0.2, -0.15) is 0 Å². The van der Waals surface area contributed by atoms with Crippen molar-refractivity contribution in [2.24, 2.45) is 0 Å². The Hall–Kier alpha value is -1.55. The summed E-state index contributed by atoms with van der Waals surface area (Å²) in [6, 6.07) is 6.41. The number of hydrogen-bond donors (Lipinski definition) is 2. The van der Waals surface area contributed by atoms with Crippen LogP contribution in [0.4, 0.5) is 5.95 Å². The number of benzene rings is 1. The third-order valence-corrected chi connectivity index (χ3v) is 3.91. The molecular weight excluding hydrogens is 226 g/mol. The van der Waals surface area contributed by atoms with Crippen LogP contribution in [0.25, 0.3) is 11.0 Å². The molecule has 1 heterocycles. The molecular formula is C14H19N3O. The molecule has 1 unspecified atom stereocenters. The van der Waals surface area contributed by atoms with Crippen LogP contribution in [0.5, 0.6) is 0 Å². The lowest BCUT2D eigenvalue weighted by molar-refractivity contribution is 0.199. The van der Waals surface area contributed by atoms with Gasteiger partial charge < -0.3 is 15.4 Å². The first-order chi connectivity index (χ1) is 8.66. The van der Waals surface area contributed by atoms with Gasteiger partial charge in [-0.15, -0.1) is 0 Å². The number of fused-ring (bicyclic) bond motifs is 1. The Morgan fingerprint density at radius 3 is 2.78 bits per heavy atom. The van der Waals surface area contributed by atoms with Gasteiger partial charge in [0.1, 0.15) is 0 Å². The van der Waals surface area contributed by atoms with E-state index in [9.17, 15) is 5.11 Å². The fourth-order valence-electron chi connectivity index (χ4n) is 2.94. The lowest BCUT2D eigenvalue weighted by Gasteiger charge is -2.14. The molecule has 1 saturated carbocycles. The third-order valence-electron chi connectivity index (χ3n) is 3.91. The summed E-state index contributed by atoms with van der Waals surface area (Å²) in [5.41, 5.74) is 8.91. The van der Waals surface area contributed by atoms with E-state index in [0.29, 0.717) is 12.0 Å². The molecule has 3 N–H and O–H groups in total. The maximum Gasteiger partial charge on any atom is 0.201 e. The molecule has 1 aromatic carbocycles. The second kappa shape index (κ2) is 4.28. The standard InChI is InChI=1S/C14H19N3O/c1-9(18)10-6-7-13-12(8-10)16-14(15)17(13)11-4-2-3-5-11/h6-9,11,18H,2-5H2,1H3,(H2,15,16). The Morgan fingerprint density at radius 1 is 1.39 bits per heavy atom. The first-order valence-corrected chi connectivity index (χ1v) is 6.62. The molecule has 4 nitrogen and oxygen atoms in total. The number of nitrogen functional groups attached to an aromatic ring is 1. The second-order valence-electron chi connectivity index (χ2n) is 5.20. The van der Waals surface area contributed by atoms with Crippen LogP contribution >= 0.6 is 0 Å². The van der Waals surface area contributed by atoms with E-state index in [4.69, 9.17) is 5.73 Å². The highest BCUT2D eigenvalue weighted by Crippen LogP contribution is 2.34. The number of imidazole rings is 1. The van der Waals surface area contributed by atoms with E-state index in [0.717, 1.165) is 16.6 Å². The molecule has 0 spiro atoms. The molecule has 0 amide bonds. The number of hydrogen-bond acceptors (Lipinski definition) is 3. The molecule has 1 fully saturated rings. The van der Waals surface area contributed by atoms with E-state index in [1.54, 1.807) is 6.92 Å². The molecule has 1 aliphatic carbocycles. The molecule has 0 aliphatic heterocycles. The molecule has 1 aliphatic rings. The molecule has 0 saturated heterocycles. The van der Waals surface area contributed by atoms with Crippen LogP contribution in [0.3, 0.4) is 0 Å². The van der Waals surface area contributed by atoms with Gasteiger partial charge in [0.15, 0.2) is 0 Å². The van der Waals surface area contributed by atoms with Crippen LogP contribution in [0.15, 0.2) is 18.2 Å². The van der Waals surface area contributed by atoms with Gasteiger partial charge in [-0.05, 0) is 37.5 Å². The minimum Gasteiger partial charge on any atom is -0.389 e. The fraction of sp³-hybridized carbons (Fsp3) is 0.500. The number of aliphatic hydroxyl groups is 1. The van der Waals surface area contributed by atoms with Crippen LogP contribution in [0, 0.1) is 0 Å². The Bertz CT molecular complexity index is 568. The van der Waals surface area contributed by atoms with Gasteiger partial charge in [0.2, 0.25) is 5.95 Å². The topological polar surface area (TPSA) is 64.1 Å². The van der Waals surface area contributed by atoms with Crippen LogP contribution < -0.4 is 5.73 Å². The number of nitrogens with two attached hydrogens (primary N) is 1. The van der Waals surface area contributed by atoms with E-state index < -0.39 is 6.10 Å². The third kappa shape index (κ3) is 1.77. The number of rotatable bonds is 2. The first kappa shape index (κ1) is 11.5. The zero-order chi connectivity index (χ0) is 12.7. The SMILES string of the molecule is CC(O)c1ccc2c(c1)nc(N)n2C1CCCC1. The minimum absolute atomic E-state index is 0.466. The van der Waals surface area contributed by atoms with Gasteiger partial charge in [0.05, 0.1) is 17.1 Å². The number of aliphatic hydroxyl groups excluding tert-OH is 1. The molecule has 0 radical (unpaired) electrons. The van der Waals surface area contributed by atoms with Gasteiger partial charge in [-0.25, -0.2) is 4.98 Å². The summed E-state index contributed by atoms with van der Waals surface area (Å²) in [5.74, 6) is 0.597. The smallest absolute Gasteiger partial charge is 0.201 e. The summed E-state index contributed by atoms with van der Waals surface area (Å²) >= 11 is 0. The highest BCUT2D eigenvalue weighted by atomic mass is 16.3. The molecule has 4 heteroatoms. The number of anilines is 1. The molecule has 1 atom stereocenters. The van der Waals surface area contributed by atoms with Gasteiger partial charge in [-0.1, -0.05) is 18.9 Å². The first-order valence-electron chi connectivity index (χ1n) is 6.62. The van der Waals surface area contributed by atoms with Crippen molar-refractivity contribution >= 4 is 17.0 Å². The molecule has 96 valence electrons. The molecule has 18 heavy (non-hydrogen) atoms. The maximum absolute atomic E-state index is 9.60. The zero-order valence-corrected chi connectivity index (χ0v) is 10.6. The summed E-state index contributed by atoms with van der Waals surface area (Å²) in [5, 5.41) is 9.60. The highest BCUT2D eigenvalue weighted by Gasteiger charge is 2.21. The Balaban J connectivity index is 2.12. The molecule has 3 rings (SSSR count). The van der Waals surface area contributed by atoms with Crippen molar-refractivity contribution in [3.05, 3.63) is 23.8 Å². The minimum atomic E-state index is -0.466. The zero-order valence-electron chi connectivity index (χ0n) is 10.6. The van der Waals surface area contributed by atoms with Crippen molar-refractivity contribution in [3.8, 4) is 0 Å². The summed E-state index contributed by atoms with van der Waals surface area (Å²) in [7, 11) is 0. The summed E-state index contributed by atoms with van der Waals surface area (Å²) < 4.78 is 2.16. The average Bonchev–Trinajstić information content (AvgIpc) is 2.93. The van der Waals surface area contributed by atoms with Crippen molar-refractivity contribution in [2.75, 3.05) is 5.73 Å². The second-order valence-corrected chi connectivity index (χ2v) is 5.20. The summed E-state index contributed by atoms with van der Waals surface area (Å²) in [6.45, 7) is 1.76. The summed E-state index contributed by atoms with van der Waals surface area (Å²) in [4.78, 5) is 4.43. The van der Waals surface area contributed by atoms with Crippen molar-refractivity contribution < 1.29 is 5.11 Å². The van der Waals surface area contributed by atoms with E-state index in [1.165, 1.54) is 25.7 Å². The summed E-state index contributed by atoms with van der Waals surface area (Å²) in [6.07, 6.45) is 4.46. The van der Waals surface area contributed by atoms with Crippen LogP contribution in [0.2, 0.25) is 0 Å². The van der Waals surface area contributed by atoms with Crippen LogP contribution in [0.1, 0.15) is 50.3 Å². The molecule has 1 aromatic heterocycles. The van der Waals surface area contributed by atoms with Crippen molar-refractivity contribution in [2.45, 2.75) is 44.8 Å². The van der Waals surface area contributed by atoms with Crippen LogP contribution in [-0.4, -0.2) is 14.7 Å². The number of nitrogens with zero attached hydrogens (tertiary/aromatic N) is 2. The van der Waals surface area contributed by atoms with Gasteiger partial charge in [-0.3, -0.25) is 0 Å². The molecule has 0 bridgehead atoms. The van der Waals surface area contributed by atoms with E-state index >= 15 is 0 Å². The van der Waals surface area contributed by atoms with E-state index in [-0.39, 0.29) is 0 Å². The highest BCUT2D eigenvalue weighted by molar-refractivity contribution is 5.79. The van der Waals surface area contributed by atoms with Crippen LogP contribution in [-0.2, 0) is 0 Å². The lowest BCUT2D eigenvalue weighted by Crippen LogP contribution is -2.08. The molecule has 2 aromatic rings. The predicted molar refractivity (Wildman–Crippen MR) is 72.3 cm³/mol. The average molecular weight is 245 g/mol. The lowest BCUT2D eigenvalue weighted by atomic mass is 10.1. The van der Waals surface area contributed by atoms with Crippen molar-refractivity contribution in [1.82, 2.24) is 9.55 Å². The normalized spacial score (nSPS) is 18.6. The largest absolute Gasteiger partial charge is 0.389 e. The van der Waals surface area contributed by atoms with Crippen molar-refractivity contribution in [3.63, 3.8) is 0 Å². The van der Waals surface area contributed by atoms with Gasteiger partial charge in [0.25, 0.3) is 0 Å². The predicted octanol–water partition coefficient (Wildman–Crippen LogP) is 2.79. The maximum atomic E-state index is 9.60. The van der Waals surface area contributed by atoms with Crippen molar-refractivity contribution in [1.29, 1.82) is 0 Å². The van der Waals surface area contributed by atoms with E-state index in [2.05, 4.69) is 9.55 Å². The monoisotopic (exact) mass is 245 g/mol. The Labute approximate surface area is 106 Å².